The fraction of sp³-hybridized carbons (Fsp3) is 0.304. The zero-order chi connectivity index (χ0) is 20.4. The molecule has 1 aliphatic rings. The number of primary amides is 1. The minimum Gasteiger partial charge on any atom is -0.392 e. The molecule has 3 atom stereocenters. The largest absolute Gasteiger partial charge is 0.392 e. The van der Waals surface area contributed by atoms with Gasteiger partial charge in [-0.05, 0) is 35.1 Å². The number of β-amino-alcohol motifs (C(OH)–C–C–N with tert-alkyl or cyclic N) is 1. The number of aliphatic hydroxyl groups excluding tert-OH is 1. The number of nitrogens with one attached hydrogen (secondary N) is 1. The Balaban J connectivity index is 1.76. The number of hydrogen-bond donors (Lipinski definition) is 3. The first-order chi connectivity index (χ1) is 14.0. The van der Waals surface area contributed by atoms with Crippen molar-refractivity contribution in [3.05, 3.63) is 82.1 Å². The van der Waals surface area contributed by atoms with Gasteiger partial charge in [0.25, 0.3) is 0 Å². The van der Waals surface area contributed by atoms with Crippen LogP contribution in [0.4, 0.5) is 0 Å². The first-order valence-corrected chi connectivity index (χ1v) is 9.89. The number of H-pyrrole nitrogens is 1. The number of aromatic nitrogens is 1. The molecule has 0 bridgehead atoms. The molecule has 0 saturated carbocycles. The number of likely N-dealkylation sites (tertiary alicyclic amines) is 1. The molecule has 1 fully saturated rings. The summed E-state index contributed by atoms with van der Waals surface area (Å²) in [4.78, 5) is 29.4. The van der Waals surface area contributed by atoms with Crippen molar-refractivity contribution in [1.82, 2.24) is 9.88 Å². The molecule has 0 aliphatic carbocycles. The number of benzene rings is 2. The molecular formula is C23H25N3O3. The van der Waals surface area contributed by atoms with Gasteiger partial charge in [0.15, 0.2) is 0 Å². The molecule has 2 heterocycles. The predicted octanol–water partition coefficient (Wildman–Crippen LogP) is 1.95. The van der Waals surface area contributed by atoms with Gasteiger partial charge in [-0.1, -0.05) is 42.5 Å². The summed E-state index contributed by atoms with van der Waals surface area (Å²) in [6.45, 7) is 2.01. The molecule has 1 amide bonds. The van der Waals surface area contributed by atoms with Gasteiger partial charge < -0.3 is 20.7 Å². The molecule has 0 spiro atoms. The number of fused-ring (bicyclic) bond motifs is 1. The van der Waals surface area contributed by atoms with Gasteiger partial charge in [0.05, 0.1) is 12.0 Å². The molecule has 6 heteroatoms. The number of carbonyl (C=O) groups is 1. The van der Waals surface area contributed by atoms with Crippen LogP contribution in [-0.4, -0.2) is 46.6 Å². The Morgan fingerprint density at radius 1 is 1.14 bits per heavy atom. The summed E-state index contributed by atoms with van der Waals surface area (Å²) in [5, 5.41) is 10.8. The zero-order valence-electron chi connectivity index (χ0n) is 16.1. The van der Waals surface area contributed by atoms with E-state index in [9.17, 15) is 14.7 Å². The van der Waals surface area contributed by atoms with Gasteiger partial charge in [-0.2, -0.15) is 0 Å². The molecule has 4 N–H and O–H groups in total. The van der Waals surface area contributed by atoms with E-state index in [0.717, 1.165) is 29.5 Å². The second-order valence-electron chi connectivity index (χ2n) is 7.77. The van der Waals surface area contributed by atoms with Crippen LogP contribution in [0.1, 0.15) is 29.4 Å². The van der Waals surface area contributed by atoms with E-state index in [1.165, 1.54) is 6.07 Å². The lowest BCUT2D eigenvalue weighted by Crippen LogP contribution is -2.35. The molecule has 1 saturated heterocycles. The van der Waals surface area contributed by atoms with Crippen molar-refractivity contribution >= 4 is 16.8 Å². The van der Waals surface area contributed by atoms with Crippen molar-refractivity contribution in [2.24, 2.45) is 5.73 Å². The highest BCUT2D eigenvalue weighted by Crippen LogP contribution is 2.35. The Hall–Kier alpha value is -2.96. The van der Waals surface area contributed by atoms with Crippen LogP contribution >= 0.6 is 0 Å². The maximum atomic E-state index is 12.6. The number of rotatable bonds is 6. The number of aromatic amines is 1. The van der Waals surface area contributed by atoms with E-state index in [1.807, 2.05) is 48.5 Å². The molecule has 2 aromatic carbocycles. The monoisotopic (exact) mass is 391 g/mol. The Morgan fingerprint density at radius 3 is 2.59 bits per heavy atom. The van der Waals surface area contributed by atoms with E-state index in [-0.39, 0.29) is 17.6 Å². The second kappa shape index (κ2) is 8.19. The molecular weight excluding hydrogens is 366 g/mol. The van der Waals surface area contributed by atoms with Crippen LogP contribution < -0.4 is 11.3 Å². The van der Waals surface area contributed by atoms with Crippen LogP contribution in [0.3, 0.4) is 0 Å². The van der Waals surface area contributed by atoms with Crippen molar-refractivity contribution in [2.45, 2.75) is 24.4 Å². The molecule has 29 heavy (non-hydrogen) atoms. The van der Waals surface area contributed by atoms with E-state index in [4.69, 9.17) is 5.73 Å². The van der Waals surface area contributed by atoms with Crippen LogP contribution in [0, 0.1) is 0 Å². The number of aliphatic hydroxyl groups is 1. The van der Waals surface area contributed by atoms with Crippen LogP contribution in [0.25, 0.3) is 10.9 Å². The van der Waals surface area contributed by atoms with Crippen LogP contribution in [0.5, 0.6) is 0 Å². The third-order valence-electron chi connectivity index (χ3n) is 5.75. The lowest BCUT2D eigenvalue weighted by atomic mass is 9.80. The van der Waals surface area contributed by atoms with Gasteiger partial charge in [0.2, 0.25) is 11.5 Å². The van der Waals surface area contributed by atoms with Gasteiger partial charge in [0, 0.05) is 37.1 Å². The molecule has 4 rings (SSSR count). The minimum atomic E-state index is -0.553. The van der Waals surface area contributed by atoms with Gasteiger partial charge in [-0.3, -0.25) is 9.59 Å². The van der Waals surface area contributed by atoms with Crippen molar-refractivity contribution in [2.75, 3.05) is 19.6 Å². The molecule has 150 valence electrons. The SMILES string of the molecule is NC(=O)C(c1ccc2ccc(=O)[nH]c2c1)[C@H](CN1CC[C@H](O)C1)c1ccccc1. The number of nitrogens with two attached hydrogens (primary N) is 1. The average Bonchev–Trinajstić information content (AvgIpc) is 3.12. The average molecular weight is 391 g/mol. The molecule has 6 nitrogen and oxygen atoms in total. The summed E-state index contributed by atoms with van der Waals surface area (Å²) in [7, 11) is 0. The Labute approximate surface area is 169 Å². The van der Waals surface area contributed by atoms with E-state index in [0.29, 0.717) is 18.6 Å². The molecule has 3 aromatic rings. The van der Waals surface area contributed by atoms with Crippen molar-refractivity contribution in [1.29, 1.82) is 0 Å². The maximum Gasteiger partial charge on any atom is 0.248 e. The van der Waals surface area contributed by atoms with Gasteiger partial charge in [-0.25, -0.2) is 0 Å². The number of pyridine rings is 1. The summed E-state index contributed by atoms with van der Waals surface area (Å²) in [5.74, 6) is -1.12. The van der Waals surface area contributed by atoms with Crippen molar-refractivity contribution < 1.29 is 9.90 Å². The van der Waals surface area contributed by atoms with Gasteiger partial charge in [0.1, 0.15) is 0 Å². The Kier molecular flexibility index (Phi) is 5.47. The Bertz CT molecular complexity index is 1060. The maximum absolute atomic E-state index is 12.6. The molecule has 1 aromatic heterocycles. The highest BCUT2D eigenvalue weighted by atomic mass is 16.3. The molecule has 0 radical (unpaired) electrons. The van der Waals surface area contributed by atoms with Gasteiger partial charge in [-0.15, -0.1) is 0 Å². The highest BCUT2D eigenvalue weighted by molar-refractivity contribution is 5.86. The summed E-state index contributed by atoms with van der Waals surface area (Å²) in [6, 6.07) is 18.8. The first kappa shape index (κ1) is 19.4. The third kappa shape index (κ3) is 4.23. The number of nitrogens with zero attached hydrogens (tertiary/aromatic N) is 1. The standard InChI is InChI=1S/C23H25N3O3/c24-23(29)22(17-7-6-16-8-9-21(28)25-20(16)12-17)19(15-4-2-1-3-5-15)14-26-11-10-18(27)13-26/h1-9,12,18-19,22,27H,10-11,13-14H2,(H2,24,29)(H,25,28)/t18-,19+,22?/m0/s1. The summed E-state index contributed by atoms with van der Waals surface area (Å²) >= 11 is 0. The van der Waals surface area contributed by atoms with Crippen LogP contribution in [0.2, 0.25) is 0 Å². The number of carbonyl (C=O) groups excluding carboxylic acids is 1. The smallest absolute Gasteiger partial charge is 0.248 e. The fourth-order valence-corrected chi connectivity index (χ4v) is 4.32. The summed E-state index contributed by atoms with van der Waals surface area (Å²) in [6.07, 6.45) is 0.407. The molecule has 1 unspecified atom stereocenters. The third-order valence-corrected chi connectivity index (χ3v) is 5.75. The lowest BCUT2D eigenvalue weighted by molar-refractivity contribution is -0.120. The summed E-state index contributed by atoms with van der Waals surface area (Å²) < 4.78 is 0. The second-order valence-corrected chi connectivity index (χ2v) is 7.77. The topological polar surface area (TPSA) is 99.4 Å². The van der Waals surface area contributed by atoms with Gasteiger partial charge >= 0.3 is 0 Å². The Morgan fingerprint density at radius 2 is 1.90 bits per heavy atom. The van der Waals surface area contributed by atoms with E-state index in [2.05, 4.69) is 9.88 Å². The van der Waals surface area contributed by atoms with Crippen molar-refractivity contribution in [3.8, 4) is 0 Å². The lowest BCUT2D eigenvalue weighted by Gasteiger charge is -2.30. The minimum absolute atomic E-state index is 0.160. The number of amides is 1. The van der Waals surface area contributed by atoms with E-state index in [1.54, 1.807) is 6.07 Å². The van der Waals surface area contributed by atoms with Crippen LogP contribution in [0.15, 0.2) is 65.5 Å². The van der Waals surface area contributed by atoms with Crippen LogP contribution in [-0.2, 0) is 4.79 Å². The zero-order valence-corrected chi connectivity index (χ0v) is 16.1. The molecule has 1 aliphatic heterocycles. The fourth-order valence-electron chi connectivity index (χ4n) is 4.32. The predicted molar refractivity (Wildman–Crippen MR) is 113 cm³/mol. The quantitative estimate of drug-likeness (QED) is 0.598. The van der Waals surface area contributed by atoms with E-state index >= 15 is 0 Å². The summed E-state index contributed by atoms with van der Waals surface area (Å²) in [5.41, 5.74) is 8.21. The van der Waals surface area contributed by atoms with Crippen molar-refractivity contribution in [3.63, 3.8) is 0 Å². The normalized spacial score (nSPS) is 19.3. The number of hydrogen-bond acceptors (Lipinski definition) is 4. The van der Waals surface area contributed by atoms with E-state index < -0.39 is 11.8 Å². The highest BCUT2D eigenvalue weighted by Gasteiger charge is 2.33. The first-order valence-electron chi connectivity index (χ1n) is 9.89.